The molecule has 27 heavy (non-hydrogen) atoms. The predicted molar refractivity (Wildman–Crippen MR) is 104 cm³/mol. The Bertz CT molecular complexity index is 910. The second-order valence-corrected chi connectivity index (χ2v) is 7.99. The lowest BCUT2D eigenvalue weighted by molar-refractivity contribution is -0.118. The molecule has 1 amide bonds. The molecular weight excluding hydrogens is 368 g/mol. The second-order valence-electron chi connectivity index (χ2n) is 6.27. The van der Waals surface area contributed by atoms with Gasteiger partial charge in [0, 0.05) is 17.8 Å². The molecular formula is C19H24N2O5S. The molecule has 0 saturated carbocycles. The molecule has 0 unspecified atom stereocenters. The summed E-state index contributed by atoms with van der Waals surface area (Å²) in [5, 5.41) is 2.71. The minimum absolute atomic E-state index is 0.155. The zero-order valence-electron chi connectivity index (χ0n) is 15.8. The van der Waals surface area contributed by atoms with Crippen molar-refractivity contribution in [2.45, 2.75) is 31.7 Å². The quantitative estimate of drug-likeness (QED) is 0.720. The largest absolute Gasteiger partial charge is 0.497 e. The number of benzene rings is 2. The lowest BCUT2D eigenvalue weighted by Gasteiger charge is -2.13. The summed E-state index contributed by atoms with van der Waals surface area (Å²) in [5.74, 6) is 0.747. The Balaban J connectivity index is 2.00. The second kappa shape index (κ2) is 8.88. The number of hydrogen-bond acceptors (Lipinski definition) is 5. The van der Waals surface area contributed by atoms with E-state index in [-0.39, 0.29) is 23.5 Å². The molecule has 2 aromatic rings. The molecule has 0 radical (unpaired) electrons. The maximum absolute atomic E-state index is 12.2. The molecule has 0 fully saturated rings. The molecule has 146 valence electrons. The van der Waals surface area contributed by atoms with Crippen LogP contribution in [0, 0.1) is 6.92 Å². The highest BCUT2D eigenvalue weighted by atomic mass is 32.2. The van der Waals surface area contributed by atoms with Gasteiger partial charge in [-0.3, -0.25) is 4.79 Å². The van der Waals surface area contributed by atoms with Crippen LogP contribution in [0.2, 0.25) is 0 Å². The lowest BCUT2D eigenvalue weighted by atomic mass is 10.2. The first-order valence-corrected chi connectivity index (χ1v) is 9.89. The van der Waals surface area contributed by atoms with Crippen molar-refractivity contribution in [2.75, 3.05) is 19.0 Å². The smallest absolute Gasteiger partial charge is 0.262 e. The minimum atomic E-state index is -3.57. The number of sulfonamides is 1. The van der Waals surface area contributed by atoms with Crippen LogP contribution in [0.3, 0.4) is 0 Å². The van der Waals surface area contributed by atoms with Gasteiger partial charge < -0.3 is 14.8 Å². The van der Waals surface area contributed by atoms with Crippen molar-refractivity contribution in [1.29, 1.82) is 0 Å². The van der Waals surface area contributed by atoms with Gasteiger partial charge in [-0.25, -0.2) is 13.1 Å². The van der Waals surface area contributed by atoms with Crippen molar-refractivity contribution in [3.63, 3.8) is 0 Å². The number of anilines is 1. The summed E-state index contributed by atoms with van der Waals surface area (Å²) >= 11 is 0. The third-order valence-corrected chi connectivity index (χ3v) is 5.22. The standard InChI is InChI=1S/C19H24N2O5S/c1-13(2)21-27(23,24)17-8-9-18(14(3)10-17)26-12-19(22)20-15-6-5-7-16(11-15)25-4/h5-11,13,21H,12H2,1-4H3,(H,20,22). The highest BCUT2D eigenvalue weighted by Crippen LogP contribution is 2.22. The number of ether oxygens (including phenoxy) is 2. The van der Waals surface area contributed by atoms with E-state index in [0.29, 0.717) is 22.7 Å². The summed E-state index contributed by atoms with van der Waals surface area (Å²) in [5.41, 5.74) is 1.22. The highest BCUT2D eigenvalue weighted by Gasteiger charge is 2.17. The molecule has 0 aromatic heterocycles. The number of hydrogen-bond donors (Lipinski definition) is 2. The van der Waals surface area contributed by atoms with Gasteiger partial charge in [0.05, 0.1) is 12.0 Å². The Hall–Kier alpha value is -2.58. The molecule has 2 aromatic carbocycles. The summed E-state index contributed by atoms with van der Waals surface area (Å²) in [7, 11) is -2.03. The molecule has 0 bridgehead atoms. The molecule has 0 aliphatic rings. The Morgan fingerprint density at radius 3 is 2.52 bits per heavy atom. The summed E-state index contributed by atoms with van der Waals surface area (Å²) in [6, 6.07) is 11.3. The van der Waals surface area contributed by atoms with E-state index in [2.05, 4.69) is 10.0 Å². The summed E-state index contributed by atoms with van der Waals surface area (Å²) in [6.07, 6.45) is 0. The Labute approximate surface area is 159 Å². The minimum Gasteiger partial charge on any atom is -0.497 e. The van der Waals surface area contributed by atoms with Crippen molar-refractivity contribution in [3.8, 4) is 11.5 Å². The van der Waals surface area contributed by atoms with Crippen LogP contribution in [0.1, 0.15) is 19.4 Å². The van der Waals surface area contributed by atoms with Crippen LogP contribution >= 0.6 is 0 Å². The van der Waals surface area contributed by atoms with E-state index in [0.717, 1.165) is 0 Å². The number of aryl methyl sites for hydroxylation is 1. The molecule has 0 aliphatic carbocycles. The number of amides is 1. The fourth-order valence-electron chi connectivity index (χ4n) is 2.37. The van der Waals surface area contributed by atoms with Crippen LogP contribution in [0.25, 0.3) is 0 Å². The van der Waals surface area contributed by atoms with Crippen LogP contribution in [-0.2, 0) is 14.8 Å². The van der Waals surface area contributed by atoms with Gasteiger partial charge in [-0.1, -0.05) is 6.07 Å². The SMILES string of the molecule is COc1cccc(NC(=O)COc2ccc(S(=O)(=O)NC(C)C)cc2C)c1. The number of carbonyl (C=O) groups is 1. The number of nitrogens with one attached hydrogen (secondary N) is 2. The Morgan fingerprint density at radius 2 is 1.89 bits per heavy atom. The zero-order valence-corrected chi connectivity index (χ0v) is 16.6. The predicted octanol–water partition coefficient (Wildman–Crippen LogP) is 2.71. The topological polar surface area (TPSA) is 93.7 Å². The van der Waals surface area contributed by atoms with Gasteiger partial charge in [-0.15, -0.1) is 0 Å². The molecule has 2 N–H and O–H groups in total. The van der Waals surface area contributed by atoms with Crippen molar-refractivity contribution in [3.05, 3.63) is 48.0 Å². The van der Waals surface area contributed by atoms with Gasteiger partial charge in [0.1, 0.15) is 11.5 Å². The van der Waals surface area contributed by atoms with Crippen LogP contribution in [0.5, 0.6) is 11.5 Å². The third kappa shape index (κ3) is 5.97. The van der Waals surface area contributed by atoms with Crippen LogP contribution in [0.4, 0.5) is 5.69 Å². The lowest BCUT2D eigenvalue weighted by Crippen LogP contribution is -2.30. The molecule has 0 heterocycles. The number of carbonyl (C=O) groups excluding carboxylic acids is 1. The molecule has 0 spiro atoms. The highest BCUT2D eigenvalue weighted by molar-refractivity contribution is 7.89. The van der Waals surface area contributed by atoms with Crippen LogP contribution in [-0.4, -0.2) is 34.1 Å². The fourth-order valence-corrected chi connectivity index (χ4v) is 3.71. The zero-order chi connectivity index (χ0) is 20.0. The molecule has 8 heteroatoms. The van der Waals surface area contributed by atoms with Crippen molar-refractivity contribution >= 4 is 21.6 Å². The summed E-state index contributed by atoms with van der Waals surface area (Å²) < 4.78 is 37.6. The molecule has 0 atom stereocenters. The molecule has 0 saturated heterocycles. The van der Waals surface area contributed by atoms with E-state index in [1.165, 1.54) is 12.1 Å². The van der Waals surface area contributed by atoms with Gasteiger partial charge in [0.15, 0.2) is 6.61 Å². The fraction of sp³-hybridized carbons (Fsp3) is 0.316. The summed E-state index contributed by atoms with van der Waals surface area (Å²) in [4.78, 5) is 12.2. The van der Waals surface area contributed by atoms with E-state index < -0.39 is 10.0 Å². The van der Waals surface area contributed by atoms with Gasteiger partial charge in [-0.2, -0.15) is 0 Å². The maximum Gasteiger partial charge on any atom is 0.262 e. The monoisotopic (exact) mass is 392 g/mol. The van der Waals surface area contributed by atoms with E-state index in [1.54, 1.807) is 58.2 Å². The maximum atomic E-state index is 12.2. The van der Waals surface area contributed by atoms with E-state index in [1.807, 2.05) is 0 Å². The van der Waals surface area contributed by atoms with Gasteiger partial charge in [0.2, 0.25) is 10.0 Å². The van der Waals surface area contributed by atoms with Crippen LogP contribution in [0.15, 0.2) is 47.4 Å². The van der Waals surface area contributed by atoms with Gasteiger partial charge in [0.25, 0.3) is 5.91 Å². The van der Waals surface area contributed by atoms with Crippen molar-refractivity contribution in [2.24, 2.45) is 0 Å². The average Bonchev–Trinajstić information content (AvgIpc) is 2.59. The first-order chi connectivity index (χ1) is 12.7. The first-order valence-electron chi connectivity index (χ1n) is 8.41. The van der Waals surface area contributed by atoms with E-state index >= 15 is 0 Å². The van der Waals surface area contributed by atoms with E-state index in [9.17, 15) is 13.2 Å². The summed E-state index contributed by atoms with van der Waals surface area (Å²) in [6.45, 7) is 5.03. The van der Waals surface area contributed by atoms with E-state index in [4.69, 9.17) is 9.47 Å². The molecule has 7 nitrogen and oxygen atoms in total. The molecule has 0 aliphatic heterocycles. The van der Waals surface area contributed by atoms with Gasteiger partial charge >= 0.3 is 0 Å². The molecule has 2 rings (SSSR count). The number of rotatable bonds is 8. The average molecular weight is 392 g/mol. The van der Waals surface area contributed by atoms with Crippen LogP contribution < -0.4 is 19.5 Å². The first kappa shape index (κ1) is 20.7. The van der Waals surface area contributed by atoms with Crippen molar-refractivity contribution < 1.29 is 22.7 Å². The third-order valence-electron chi connectivity index (χ3n) is 3.56. The normalized spacial score (nSPS) is 11.3. The van der Waals surface area contributed by atoms with Gasteiger partial charge in [-0.05, 0) is 56.7 Å². The van der Waals surface area contributed by atoms with Crippen molar-refractivity contribution in [1.82, 2.24) is 4.72 Å². The Kier molecular flexibility index (Phi) is 6.81. The number of methoxy groups -OCH3 is 1. The Morgan fingerprint density at radius 1 is 1.15 bits per heavy atom.